The zero-order valence-corrected chi connectivity index (χ0v) is 16.4. The summed E-state index contributed by atoms with van der Waals surface area (Å²) in [5.74, 6) is 0.625. The number of amides is 1. The Morgan fingerprint density at radius 2 is 1.74 bits per heavy atom. The van der Waals surface area contributed by atoms with Crippen LogP contribution in [0.15, 0.2) is 35.4 Å². The van der Waals surface area contributed by atoms with Crippen LogP contribution in [-0.2, 0) is 17.1 Å². The van der Waals surface area contributed by atoms with E-state index in [0.29, 0.717) is 30.3 Å². The van der Waals surface area contributed by atoms with Crippen molar-refractivity contribution in [3.63, 3.8) is 0 Å². The summed E-state index contributed by atoms with van der Waals surface area (Å²) in [6.07, 6.45) is 3.19. The van der Waals surface area contributed by atoms with Gasteiger partial charge in [-0.05, 0) is 31.0 Å². The van der Waals surface area contributed by atoms with Crippen LogP contribution in [0.3, 0.4) is 0 Å². The molecule has 8 nitrogen and oxygen atoms in total. The number of methoxy groups -OCH3 is 2. The van der Waals surface area contributed by atoms with Crippen LogP contribution in [0, 0.1) is 0 Å². The number of sulfonamides is 1. The number of carbonyl (C=O) groups excluding carboxylic acids is 1. The highest BCUT2D eigenvalue weighted by atomic mass is 32.2. The highest BCUT2D eigenvalue weighted by molar-refractivity contribution is 7.89. The molecule has 1 aromatic carbocycles. The Bertz CT molecular complexity index is 946. The Hall–Kier alpha value is -2.52. The summed E-state index contributed by atoms with van der Waals surface area (Å²) >= 11 is 0. The van der Waals surface area contributed by atoms with Gasteiger partial charge in [-0.25, -0.2) is 8.42 Å². The summed E-state index contributed by atoms with van der Waals surface area (Å²) in [6.45, 7) is 1.04. The van der Waals surface area contributed by atoms with Gasteiger partial charge in [-0.1, -0.05) is 0 Å². The van der Waals surface area contributed by atoms with Crippen molar-refractivity contribution in [2.45, 2.75) is 17.7 Å². The average molecular weight is 393 g/mol. The van der Waals surface area contributed by atoms with Gasteiger partial charge in [-0.3, -0.25) is 4.79 Å². The second-order valence-corrected chi connectivity index (χ2v) is 8.24. The molecule has 0 atom stereocenters. The number of benzene rings is 1. The maximum absolute atomic E-state index is 12.7. The molecule has 9 heteroatoms. The third kappa shape index (κ3) is 3.79. The molecule has 0 aliphatic carbocycles. The van der Waals surface area contributed by atoms with Crippen LogP contribution in [0.5, 0.6) is 11.5 Å². The first kappa shape index (κ1) is 19.2. The summed E-state index contributed by atoms with van der Waals surface area (Å²) in [7, 11) is 1.12. The molecule has 1 aromatic heterocycles. The minimum Gasteiger partial charge on any atom is -0.493 e. The molecule has 0 radical (unpaired) electrons. The lowest BCUT2D eigenvalue weighted by atomic mass is 10.2. The van der Waals surface area contributed by atoms with Gasteiger partial charge >= 0.3 is 0 Å². The van der Waals surface area contributed by atoms with E-state index in [1.54, 1.807) is 25.2 Å². The highest BCUT2D eigenvalue weighted by Crippen LogP contribution is 2.30. The average Bonchev–Trinajstić information content (AvgIpc) is 3.32. The van der Waals surface area contributed by atoms with Crippen LogP contribution in [0.4, 0.5) is 5.69 Å². The van der Waals surface area contributed by atoms with E-state index >= 15 is 0 Å². The molecular formula is C18H23N3O5S. The third-order valence-corrected chi connectivity index (χ3v) is 6.42. The van der Waals surface area contributed by atoms with E-state index in [9.17, 15) is 13.2 Å². The van der Waals surface area contributed by atoms with Gasteiger partial charge in [0.2, 0.25) is 10.0 Å². The van der Waals surface area contributed by atoms with Gasteiger partial charge in [0.15, 0.2) is 11.5 Å². The Morgan fingerprint density at radius 3 is 2.37 bits per heavy atom. The van der Waals surface area contributed by atoms with Crippen molar-refractivity contribution in [1.29, 1.82) is 0 Å². The summed E-state index contributed by atoms with van der Waals surface area (Å²) in [5.41, 5.74) is 0.769. The number of hydrogen-bond acceptors (Lipinski definition) is 5. The molecule has 27 heavy (non-hydrogen) atoms. The van der Waals surface area contributed by atoms with Crippen molar-refractivity contribution >= 4 is 21.6 Å². The first-order valence-electron chi connectivity index (χ1n) is 8.56. The van der Waals surface area contributed by atoms with Crippen molar-refractivity contribution < 1.29 is 22.7 Å². The maximum Gasteiger partial charge on any atom is 0.272 e. The van der Waals surface area contributed by atoms with Crippen LogP contribution >= 0.6 is 0 Å². The van der Waals surface area contributed by atoms with Gasteiger partial charge in [0.05, 0.1) is 14.2 Å². The Kier molecular flexibility index (Phi) is 5.43. The predicted molar refractivity (Wildman–Crippen MR) is 101 cm³/mol. The van der Waals surface area contributed by atoms with Crippen molar-refractivity contribution in [3.05, 3.63) is 36.2 Å². The second-order valence-electron chi connectivity index (χ2n) is 6.31. The first-order chi connectivity index (χ1) is 12.9. The lowest BCUT2D eigenvalue weighted by Crippen LogP contribution is -2.27. The van der Waals surface area contributed by atoms with E-state index in [-0.39, 0.29) is 10.6 Å². The quantitative estimate of drug-likeness (QED) is 0.812. The van der Waals surface area contributed by atoms with E-state index < -0.39 is 15.9 Å². The number of carbonyl (C=O) groups is 1. The smallest absolute Gasteiger partial charge is 0.272 e. The fourth-order valence-electron chi connectivity index (χ4n) is 3.09. The van der Waals surface area contributed by atoms with E-state index in [1.165, 1.54) is 35.4 Å². The first-order valence-corrected chi connectivity index (χ1v) is 10.0. The van der Waals surface area contributed by atoms with Crippen LogP contribution in [-0.4, -0.2) is 50.5 Å². The fraction of sp³-hybridized carbons (Fsp3) is 0.389. The molecule has 1 aliphatic heterocycles. The maximum atomic E-state index is 12.7. The zero-order valence-electron chi connectivity index (χ0n) is 15.6. The van der Waals surface area contributed by atoms with E-state index in [0.717, 1.165) is 12.8 Å². The number of rotatable bonds is 6. The lowest BCUT2D eigenvalue weighted by molar-refractivity contribution is 0.101. The fourth-order valence-corrected chi connectivity index (χ4v) is 4.68. The third-order valence-electron chi connectivity index (χ3n) is 4.56. The summed E-state index contributed by atoms with van der Waals surface area (Å²) in [4.78, 5) is 12.8. The molecule has 0 bridgehead atoms. The minimum absolute atomic E-state index is 0.129. The molecule has 146 valence electrons. The Balaban J connectivity index is 1.83. The van der Waals surface area contributed by atoms with Gasteiger partial charge in [-0.2, -0.15) is 4.31 Å². The molecule has 0 unspecified atom stereocenters. The monoisotopic (exact) mass is 393 g/mol. The van der Waals surface area contributed by atoms with E-state index in [4.69, 9.17) is 9.47 Å². The van der Waals surface area contributed by atoms with Crippen molar-refractivity contribution in [3.8, 4) is 11.5 Å². The molecule has 1 aliphatic rings. The molecule has 1 fully saturated rings. The largest absolute Gasteiger partial charge is 0.493 e. The number of hydrogen-bond donors (Lipinski definition) is 1. The number of nitrogens with zero attached hydrogens (tertiary/aromatic N) is 2. The Labute approximate surface area is 158 Å². The van der Waals surface area contributed by atoms with Crippen LogP contribution < -0.4 is 14.8 Å². The molecule has 2 aromatic rings. The van der Waals surface area contributed by atoms with Crippen LogP contribution in [0.2, 0.25) is 0 Å². The number of anilines is 1. The summed E-state index contributed by atoms with van der Waals surface area (Å²) in [5, 5.41) is 2.76. The molecule has 1 saturated heterocycles. The molecule has 1 N–H and O–H groups in total. The van der Waals surface area contributed by atoms with E-state index in [2.05, 4.69) is 5.32 Å². The normalized spacial score (nSPS) is 14.9. The molecule has 1 amide bonds. The minimum atomic E-state index is -3.57. The standard InChI is InChI=1S/C18H23N3O5S/c1-20-12-14(27(23,24)21-8-4-5-9-21)11-15(20)18(22)19-13-6-7-16(25-2)17(10-13)26-3/h6-7,10-12H,4-5,8-9H2,1-3H3,(H,19,22). The summed E-state index contributed by atoms with van der Waals surface area (Å²) in [6, 6.07) is 6.41. The highest BCUT2D eigenvalue weighted by Gasteiger charge is 2.29. The topological polar surface area (TPSA) is 89.9 Å². The number of nitrogens with one attached hydrogen (secondary N) is 1. The van der Waals surface area contributed by atoms with E-state index in [1.807, 2.05) is 0 Å². The molecule has 0 saturated carbocycles. The Morgan fingerprint density at radius 1 is 1.07 bits per heavy atom. The predicted octanol–water partition coefficient (Wildman–Crippen LogP) is 2.08. The number of aryl methyl sites for hydroxylation is 1. The zero-order chi connectivity index (χ0) is 19.6. The molecule has 3 rings (SSSR count). The SMILES string of the molecule is COc1ccc(NC(=O)c2cc(S(=O)(=O)N3CCCC3)cn2C)cc1OC. The molecule has 0 spiro atoms. The van der Waals surface area contributed by atoms with Crippen LogP contribution in [0.1, 0.15) is 23.3 Å². The van der Waals surface area contributed by atoms with Crippen molar-refractivity contribution in [1.82, 2.24) is 8.87 Å². The molecule has 2 heterocycles. The summed E-state index contributed by atoms with van der Waals surface area (Å²) < 4.78 is 38.7. The van der Waals surface area contributed by atoms with Gasteiger partial charge in [0, 0.05) is 38.1 Å². The lowest BCUT2D eigenvalue weighted by Gasteiger charge is -2.13. The van der Waals surface area contributed by atoms with Crippen molar-refractivity contribution in [2.24, 2.45) is 7.05 Å². The second kappa shape index (κ2) is 7.61. The van der Waals surface area contributed by atoms with Gasteiger partial charge in [0.25, 0.3) is 5.91 Å². The molecular weight excluding hydrogens is 370 g/mol. The van der Waals surface area contributed by atoms with Gasteiger partial charge in [0.1, 0.15) is 10.6 Å². The van der Waals surface area contributed by atoms with Gasteiger partial charge in [-0.15, -0.1) is 0 Å². The number of aromatic nitrogens is 1. The van der Waals surface area contributed by atoms with Gasteiger partial charge < -0.3 is 19.4 Å². The number of ether oxygens (including phenoxy) is 2. The van der Waals surface area contributed by atoms with Crippen LogP contribution in [0.25, 0.3) is 0 Å². The van der Waals surface area contributed by atoms with Crippen molar-refractivity contribution in [2.75, 3.05) is 32.6 Å².